The van der Waals surface area contributed by atoms with Crippen molar-refractivity contribution in [2.45, 2.75) is 53.1 Å². The Hall–Kier alpha value is -1.84. The first kappa shape index (κ1) is 17.5. The van der Waals surface area contributed by atoms with Gasteiger partial charge in [-0.25, -0.2) is 0 Å². The second-order valence-corrected chi connectivity index (χ2v) is 7.58. The second kappa shape index (κ2) is 7.16. The van der Waals surface area contributed by atoms with E-state index in [4.69, 9.17) is 10.5 Å². The molecule has 1 aliphatic carbocycles. The van der Waals surface area contributed by atoms with E-state index >= 15 is 0 Å². The van der Waals surface area contributed by atoms with Gasteiger partial charge >= 0.3 is 5.97 Å². The van der Waals surface area contributed by atoms with Crippen LogP contribution in [-0.2, 0) is 16.1 Å². The third kappa shape index (κ3) is 4.81. The highest BCUT2D eigenvalue weighted by Gasteiger charge is 2.32. The van der Waals surface area contributed by atoms with Gasteiger partial charge in [-0.15, -0.1) is 0 Å². The molecule has 4 heteroatoms. The van der Waals surface area contributed by atoms with Gasteiger partial charge in [-0.1, -0.05) is 32.9 Å². The molecule has 1 aromatic carbocycles. The van der Waals surface area contributed by atoms with Crippen molar-refractivity contribution >= 4 is 11.9 Å². The van der Waals surface area contributed by atoms with Gasteiger partial charge in [-0.2, -0.15) is 0 Å². The Kier molecular flexibility index (Phi) is 5.45. The van der Waals surface area contributed by atoms with E-state index < -0.39 is 5.91 Å². The first-order valence-electron chi connectivity index (χ1n) is 8.32. The summed E-state index contributed by atoms with van der Waals surface area (Å²) < 4.78 is 5.43. The van der Waals surface area contributed by atoms with Gasteiger partial charge in [0.1, 0.15) is 6.61 Å². The van der Waals surface area contributed by atoms with Gasteiger partial charge in [-0.3, -0.25) is 9.59 Å². The van der Waals surface area contributed by atoms with Crippen LogP contribution >= 0.6 is 0 Å². The summed E-state index contributed by atoms with van der Waals surface area (Å²) in [4.78, 5) is 23.2. The fourth-order valence-electron chi connectivity index (χ4n) is 3.23. The normalized spacial score (nSPS) is 21.7. The molecule has 1 amide bonds. The summed E-state index contributed by atoms with van der Waals surface area (Å²) in [5, 5.41) is 0. The van der Waals surface area contributed by atoms with Crippen LogP contribution in [0.25, 0.3) is 0 Å². The lowest BCUT2D eigenvalue weighted by Gasteiger charge is -2.36. The van der Waals surface area contributed by atoms with Crippen LogP contribution in [-0.4, -0.2) is 11.9 Å². The van der Waals surface area contributed by atoms with Gasteiger partial charge in [0, 0.05) is 5.56 Å². The molecule has 0 radical (unpaired) electrons. The minimum atomic E-state index is -0.454. The van der Waals surface area contributed by atoms with E-state index in [0.29, 0.717) is 16.9 Å². The highest BCUT2D eigenvalue weighted by molar-refractivity contribution is 5.92. The van der Waals surface area contributed by atoms with Crippen LogP contribution in [0.1, 0.15) is 62.4 Å². The molecule has 2 N–H and O–H groups in total. The smallest absolute Gasteiger partial charge is 0.309 e. The number of esters is 1. The quantitative estimate of drug-likeness (QED) is 0.861. The van der Waals surface area contributed by atoms with Crippen LogP contribution in [0.3, 0.4) is 0 Å². The summed E-state index contributed by atoms with van der Waals surface area (Å²) in [7, 11) is 0. The topological polar surface area (TPSA) is 69.4 Å². The lowest BCUT2D eigenvalue weighted by atomic mass is 9.70. The van der Waals surface area contributed by atoms with Gasteiger partial charge in [0.25, 0.3) is 0 Å². The summed E-state index contributed by atoms with van der Waals surface area (Å²) in [6, 6.07) is 6.84. The summed E-state index contributed by atoms with van der Waals surface area (Å²) in [5.74, 6) is 0.159. The number of carbonyl (C=O) groups is 2. The van der Waals surface area contributed by atoms with Crippen molar-refractivity contribution in [2.24, 2.45) is 23.0 Å². The van der Waals surface area contributed by atoms with Gasteiger partial charge in [0.05, 0.1) is 5.92 Å². The zero-order valence-corrected chi connectivity index (χ0v) is 14.3. The molecule has 0 aromatic heterocycles. The third-order valence-corrected chi connectivity index (χ3v) is 4.90. The monoisotopic (exact) mass is 317 g/mol. The van der Waals surface area contributed by atoms with Gasteiger partial charge in [-0.05, 0) is 54.7 Å². The van der Waals surface area contributed by atoms with Crippen molar-refractivity contribution in [3.63, 3.8) is 0 Å². The number of hydrogen-bond acceptors (Lipinski definition) is 3. The zero-order valence-electron chi connectivity index (χ0n) is 14.3. The van der Waals surface area contributed by atoms with Crippen molar-refractivity contribution in [3.05, 3.63) is 35.4 Å². The van der Waals surface area contributed by atoms with Gasteiger partial charge < -0.3 is 10.5 Å². The van der Waals surface area contributed by atoms with E-state index in [9.17, 15) is 9.59 Å². The Morgan fingerprint density at radius 3 is 2.13 bits per heavy atom. The Bertz CT molecular complexity index is 549. The molecule has 0 aliphatic heterocycles. The number of ether oxygens (including phenoxy) is 1. The number of hydrogen-bond donors (Lipinski definition) is 1. The molecule has 4 nitrogen and oxygen atoms in total. The first-order chi connectivity index (χ1) is 10.8. The number of amides is 1. The van der Waals surface area contributed by atoms with E-state index in [0.717, 1.165) is 31.2 Å². The molecule has 1 saturated carbocycles. The molecule has 0 heterocycles. The van der Waals surface area contributed by atoms with Crippen molar-refractivity contribution < 1.29 is 14.3 Å². The van der Waals surface area contributed by atoms with Crippen molar-refractivity contribution in [2.75, 3.05) is 0 Å². The largest absolute Gasteiger partial charge is 0.461 e. The van der Waals surface area contributed by atoms with Crippen molar-refractivity contribution in [1.29, 1.82) is 0 Å². The Morgan fingerprint density at radius 1 is 1.09 bits per heavy atom. The van der Waals surface area contributed by atoms with E-state index in [1.807, 2.05) is 0 Å². The second-order valence-electron chi connectivity index (χ2n) is 7.58. The number of carbonyl (C=O) groups excluding carboxylic acids is 2. The van der Waals surface area contributed by atoms with Gasteiger partial charge in [0.2, 0.25) is 5.91 Å². The fraction of sp³-hybridized carbons (Fsp3) is 0.579. The van der Waals surface area contributed by atoms with Crippen LogP contribution in [0.5, 0.6) is 0 Å². The zero-order chi connectivity index (χ0) is 17.0. The number of rotatable bonds is 4. The molecule has 1 aliphatic rings. The minimum Gasteiger partial charge on any atom is -0.461 e. The number of benzene rings is 1. The average Bonchev–Trinajstić information content (AvgIpc) is 2.52. The van der Waals surface area contributed by atoms with E-state index in [-0.39, 0.29) is 18.5 Å². The standard InChI is InChI=1S/C19H27NO3/c1-19(2,3)16-10-8-15(9-11-16)18(22)23-12-13-4-6-14(7-5-13)17(20)21/h4-7,15-16H,8-12H2,1-3H3,(H2,20,21). The van der Waals surface area contributed by atoms with Gasteiger partial charge in [0.15, 0.2) is 0 Å². The van der Waals surface area contributed by atoms with E-state index in [1.54, 1.807) is 24.3 Å². The third-order valence-electron chi connectivity index (χ3n) is 4.90. The predicted octanol–water partition coefficient (Wildman–Crippen LogP) is 3.68. The maximum atomic E-state index is 12.2. The molecule has 1 aromatic rings. The molecule has 0 unspecified atom stereocenters. The maximum absolute atomic E-state index is 12.2. The Morgan fingerprint density at radius 2 is 1.65 bits per heavy atom. The summed E-state index contributed by atoms with van der Waals surface area (Å²) in [6.07, 6.45) is 4.02. The van der Waals surface area contributed by atoms with Crippen LogP contribution in [0.2, 0.25) is 0 Å². The van der Waals surface area contributed by atoms with Crippen LogP contribution in [0.15, 0.2) is 24.3 Å². The average molecular weight is 317 g/mol. The summed E-state index contributed by atoms with van der Waals surface area (Å²) in [6.45, 7) is 7.06. The summed E-state index contributed by atoms with van der Waals surface area (Å²) >= 11 is 0. The SMILES string of the molecule is CC(C)(C)C1CCC(C(=O)OCc2ccc(C(N)=O)cc2)CC1. The molecule has 126 valence electrons. The number of primary amides is 1. The van der Waals surface area contributed by atoms with Crippen LogP contribution < -0.4 is 5.73 Å². The molecular weight excluding hydrogens is 290 g/mol. The maximum Gasteiger partial charge on any atom is 0.309 e. The molecule has 2 rings (SSSR count). The molecule has 0 spiro atoms. The predicted molar refractivity (Wildman–Crippen MR) is 89.7 cm³/mol. The highest BCUT2D eigenvalue weighted by atomic mass is 16.5. The molecule has 1 fully saturated rings. The Labute approximate surface area is 138 Å². The molecular formula is C19H27NO3. The summed E-state index contributed by atoms with van der Waals surface area (Å²) in [5.41, 5.74) is 6.84. The Balaban J connectivity index is 1.80. The fourth-order valence-corrected chi connectivity index (χ4v) is 3.23. The molecule has 0 bridgehead atoms. The lowest BCUT2D eigenvalue weighted by molar-refractivity contribution is -0.151. The lowest BCUT2D eigenvalue weighted by Crippen LogP contribution is -2.29. The molecule has 0 saturated heterocycles. The van der Waals surface area contributed by atoms with E-state index in [2.05, 4.69) is 20.8 Å². The van der Waals surface area contributed by atoms with Crippen molar-refractivity contribution in [3.8, 4) is 0 Å². The highest BCUT2D eigenvalue weighted by Crippen LogP contribution is 2.40. The van der Waals surface area contributed by atoms with E-state index in [1.165, 1.54) is 0 Å². The minimum absolute atomic E-state index is 0.0264. The van der Waals surface area contributed by atoms with Crippen LogP contribution in [0.4, 0.5) is 0 Å². The molecule has 23 heavy (non-hydrogen) atoms. The first-order valence-corrected chi connectivity index (χ1v) is 8.32. The van der Waals surface area contributed by atoms with Crippen molar-refractivity contribution in [1.82, 2.24) is 0 Å². The van der Waals surface area contributed by atoms with Crippen LogP contribution in [0, 0.1) is 17.3 Å². The number of nitrogens with two attached hydrogens (primary N) is 1. The molecule has 0 atom stereocenters.